The van der Waals surface area contributed by atoms with Gasteiger partial charge in [-0.2, -0.15) is 0 Å². The molecule has 1 heterocycles. The highest BCUT2D eigenvalue weighted by Gasteiger charge is 2.47. The van der Waals surface area contributed by atoms with Crippen molar-refractivity contribution in [2.24, 2.45) is 0 Å². The van der Waals surface area contributed by atoms with Crippen LogP contribution >= 0.6 is 0 Å². The van der Waals surface area contributed by atoms with Crippen LogP contribution in [0.15, 0.2) is 18.2 Å². The monoisotopic (exact) mass is 278 g/mol. The van der Waals surface area contributed by atoms with E-state index in [0.29, 0.717) is 0 Å². The molecule has 0 bridgehead atoms. The Bertz CT molecular complexity index is 489. The summed E-state index contributed by atoms with van der Waals surface area (Å²) in [6.45, 7) is 12.1. The first kappa shape index (κ1) is 15.3. The minimum Gasteiger partial charge on any atom is -0.487 e. The van der Waals surface area contributed by atoms with Crippen LogP contribution in [0.4, 0.5) is 0 Å². The van der Waals surface area contributed by atoms with Gasteiger partial charge in [-0.3, -0.25) is 0 Å². The molecular formula is C17H26O3. The highest BCUT2D eigenvalue weighted by Crippen LogP contribution is 2.40. The van der Waals surface area contributed by atoms with Gasteiger partial charge in [-0.05, 0) is 53.2 Å². The topological polar surface area (TPSA) is 38.7 Å². The maximum absolute atomic E-state index is 9.89. The molecule has 1 N–H and O–H groups in total. The van der Waals surface area contributed by atoms with E-state index in [1.54, 1.807) is 6.92 Å². The van der Waals surface area contributed by atoms with Gasteiger partial charge in [0.05, 0.1) is 11.7 Å². The maximum Gasteiger partial charge on any atom is 0.130 e. The largest absolute Gasteiger partial charge is 0.487 e. The molecular weight excluding hydrogens is 252 g/mol. The van der Waals surface area contributed by atoms with Crippen molar-refractivity contribution >= 4 is 0 Å². The van der Waals surface area contributed by atoms with E-state index in [4.69, 9.17) is 9.47 Å². The highest BCUT2D eigenvalue weighted by atomic mass is 16.6. The molecule has 2 rings (SSSR count). The van der Waals surface area contributed by atoms with Crippen LogP contribution in [0.2, 0.25) is 0 Å². The molecule has 1 aliphatic rings. The van der Waals surface area contributed by atoms with E-state index in [1.807, 2.05) is 25.1 Å². The molecule has 2 atom stereocenters. The summed E-state index contributed by atoms with van der Waals surface area (Å²) < 4.78 is 12.3. The van der Waals surface area contributed by atoms with Crippen LogP contribution in [-0.2, 0) is 4.74 Å². The smallest absolute Gasteiger partial charge is 0.130 e. The van der Waals surface area contributed by atoms with Crippen LogP contribution in [0.25, 0.3) is 0 Å². The zero-order valence-electron chi connectivity index (χ0n) is 13.4. The summed E-state index contributed by atoms with van der Waals surface area (Å²) in [6, 6.07) is 5.92. The first-order valence-corrected chi connectivity index (χ1v) is 7.26. The van der Waals surface area contributed by atoms with Crippen molar-refractivity contribution < 1.29 is 14.6 Å². The molecule has 3 heteroatoms. The summed E-state index contributed by atoms with van der Waals surface area (Å²) in [7, 11) is 0. The number of rotatable bonds is 3. The third kappa shape index (κ3) is 3.15. The van der Waals surface area contributed by atoms with Gasteiger partial charge in [0.1, 0.15) is 17.5 Å². The van der Waals surface area contributed by atoms with Crippen molar-refractivity contribution in [3.63, 3.8) is 0 Å². The Morgan fingerprint density at radius 2 is 1.95 bits per heavy atom. The maximum atomic E-state index is 9.89. The fourth-order valence-electron chi connectivity index (χ4n) is 2.94. The molecule has 0 amide bonds. The van der Waals surface area contributed by atoms with Gasteiger partial charge in [-0.15, -0.1) is 0 Å². The Morgan fingerprint density at radius 1 is 1.30 bits per heavy atom. The van der Waals surface area contributed by atoms with Crippen molar-refractivity contribution in [3.05, 3.63) is 29.3 Å². The zero-order chi connectivity index (χ0) is 15.1. The van der Waals surface area contributed by atoms with E-state index >= 15 is 0 Å². The lowest BCUT2D eigenvalue weighted by molar-refractivity contribution is -0.0848. The van der Waals surface area contributed by atoms with Crippen LogP contribution in [-0.4, -0.2) is 22.4 Å². The first-order chi connectivity index (χ1) is 9.11. The number of aliphatic hydroxyl groups excluding tert-OH is 1. The van der Waals surface area contributed by atoms with Crippen molar-refractivity contribution in [3.8, 4) is 5.75 Å². The predicted octanol–water partition coefficient (Wildman–Crippen LogP) is 3.77. The van der Waals surface area contributed by atoms with Gasteiger partial charge in [0.15, 0.2) is 0 Å². The summed E-state index contributed by atoms with van der Waals surface area (Å²) >= 11 is 0. The first-order valence-electron chi connectivity index (χ1n) is 7.26. The molecule has 1 aliphatic heterocycles. The van der Waals surface area contributed by atoms with E-state index in [-0.39, 0.29) is 17.3 Å². The second-order valence-electron chi connectivity index (χ2n) is 6.99. The van der Waals surface area contributed by atoms with Crippen LogP contribution in [0.1, 0.15) is 58.3 Å². The normalized spacial score (nSPS) is 25.4. The highest BCUT2D eigenvalue weighted by molar-refractivity contribution is 5.38. The van der Waals surface area contributed by atoms with Gasteiger partial charge in [0.25, 0.3) is 0 Å². The number of benzene rings is 1. The number of ether oxygens (including phenoxy) is 2. The van der Waals surface area contributed by atoms with Crippen LogP contribution in [0.5, 0.6) is 5.75 Å². The Balaban J connectivity index is 2.28. The predicted molar refractivity (Wildman–Crippen MR) is 80.1 cm³/mol. The minimum absolute atomic E-state index is 0.0169. The molecule has 1 saturated heterocycles. The van der Waals surface area contributed by atoms with E-state index in [1.165, 1.54) is 0 Å². The van der Waals surface area contributed by atoms with Crippen molar-refractivity contribution in [1.82, 2.24) is 0 Å². The summed E-state index contributed by atoms with van der Waals surface area (Å²) in [5.74, 6) is 0.763. The Morgan fingerprint density at radius 3 is 2.45 bits per heavy atom. The molecule has 0 spiro atoms. The van der Waals surface area contributed by atoms with E-state index in [2.05, 4.69) is 27.7 Å². The van der Waals surface area contributed by atoms with Gasteiger partial charge in [-0.25, -0.2) is 0 Å². The molecule has 1 aromatic carbocycles. The Kier molecular flexibility index (Phi) is 3.87. The number of hydrogen-bond acceptors (Lipinski definition) is 3. The molecule has 1 aromatic rings. The molecule has 1 unspecified atom stereocenters. The zero-order valence-corrected chi connectivity index (χ0v) is 13.4. The lowest BCUT2D eigenvalue weighted by Gasteiger charge is -2.28. The number of hydrogen-bond donors (Lipinski definition) is 1. The van der Waals surface area contributed by atoms with Crippen LogP contribution < -0.4 is 4.74 Å². The average molecular weight is 278 g/mol. The summed E-state index contributed by atoms with van der Waals surface area (Å²) in [6.07, 6.45) is 0.286. The molecule has 0 radical (unpaired) electrons. The second-order valence-corrected chi connectivity index (χ2v) is 6.99. The van der Waals surface area contributed by atoms with Gasteiger partial charge < -0.3 is 14.6 Å². The lowest BCUT2D eigenvalue weighted by atomic mass is 9.96. The standard InChI is InChI=1S/C17H26O3/c1-11-7-8-13(12(2)18)14(9-11)19-15-10-16(3,4)20-17(15,5)6/h7-9,12,15,18H,10H2,1-6H3/t12-,15?/m0/s1. The quantitative estimate of drug-likeness (QED) is 0.914. The Hall–Kier alpha value is -1.06. The number of aliphatic hydroxyl groups is 1. The van der Waals surface area contributed by atoms with Crippen LogP contribution in [0, 0.1) is 6.92 Å². The third-order valence-corrected chi connectivity index (χ3v) is 3.88. The molecule has 1 fully saturated rings. The van der Waals surface area contributed by atoms with Gasteiger partial charge in [0.2, 0.25) is 0 Å². The van der Waals surface area contributed by atoms with E-state index in [9.17, 15) is 5.11 Å². The Labute approximate surface area is 121 Å². The molecule has 20 heavy (non-hydrogen) atoms. The van der Waals surface area contributed by atoms with E-state index in [0.717, 1.165) is 23.3 Å². The SMILES string of the molecule is Cc1ccc([C@H](C)O)c(OC2CC(C)(C)OC2(C)C)c1. The summed E-state index contributed by atoms with van der Waals surface area (Å²) in [4.78, 5) is 0. The van der Waals surface area contributed by atoms with Crippen molar-refractivity contribution in [1.29, 1.82) is 0 Å². The molecule has 3 nitrogen and oxygen atoms in total. The minimum atomic E-state index is -0.538. The summed E-state index contributed by atoms with van der Waals surface area (Å²) in [5, 5.41) is 9.89. The molecule has 112 valence electrons. The van der Waals surface area contributed by atoms with Crippen molar-refractivity contribution in [2.45, 2.75) is 71.4 Å². The summed E-state index contributed by atoms with van der Waals surface area (Å²) in [5.41, 5.74) is 1.45. The van der Waals surface area contributed by atoms with Gasteiger partial charge in [-0.1, -0.05) is 12.1 Å². The third-order valence-electron chi connectivity index (χ3n) is 3.88. The van der Waals surface area contributed by atoms with Gasteiger partial charge in [0, 0.05) is 12.0 Å². The van der Waals surface area contributed by atoms with Crippen molar-refractivity contribution in [2.75, 3.05) is 0 Å². The average Bonchev–Trinajstić information content (AvgIpc) is 2.46. The number of aryl methyl sites for hydroxylation is 1. The fourth-order valence-corrected chi connectivity index (χ4v) is 2.94. The fraction of sp³-hybridized carbons (Fsp3) is 0.647. The van der Waals surface area contributed by atoms with Crippen LogP contribution in [0.3, 0.4) is 0 Å². The molecule has 0 saturated carbocycles. The lowest BCUT2D eigenvalue weighted by Crippen LogP contribution is -2.37. The second kappa shape index (κ2) is 5.05. The molecule has 0 aromatic heterocycles. The van der Waals surface area contributed by atoms with E-state index < -0.39 is 6.10 Å². The van der Waals surface area contributed by atoms with Gasteiger partial charge >= 0.3 is 0 Å². The molecule has 0 aliphatic carbocycles.